The molecule has 0 spiro atoms. The topological polar surface area (TPSA) is 86.3 Å². The van der Waals surface area contributed by atoms with Crippen LogP contribution in [-0.4, -0.2) is 70.6 Å². The number of esters is 2. The number of dihydropyridines is 1. The van der Waals surface area contributed by atoms with E-state index >= 15 is 0 Å². The van der Waals surface area contributed by atoms with Crippen LogP contribution < -0.4 is 5.32 Å². The van der Waals surface area contributed by atoms with E-state index in [0.717, 1.165) is 13.1 Å². The highest BCUT2D eigenvalue weighted by molar-refractivity contribution is 6.31. The molecule has 1 heterocycles. The second-order valence-corrected chi connectivity index (χ2v) is 9.52. The number of ether oxygens (including phenoxy) is 4. The second-order valence-electron chi connectivity index (χ2n) is 9.11. The minimum absolute atomic E-state index is 0.0954. The Hall–Kier alpha value is -3.17. The summed E-state index contributed by atoms with van der Waals surface area (Å²) < 4.78 is 22.1. The van der Waals surface area contributed by atoms with Gasteiger partial charge in [0.25, 0.3) is 0 Å². The lowest BCUT2D eigenvalue weighted by Crippen LogP contribution is -2.35. The quantitative estimate of drug-likeness (QED) is 0.270. The first kappa shape index (κ1) is 30.4. The van der Waals surface area contributed by atoms with Gasteiger partial charge in [-0.2, -0.15) is 0 Å². The number of likely N-dealkylation sites (N-methyl/N-ethyl adjacent to an activating group) is 1. The molecule has 0 bridgehead atoms. The highest BCUT2D eigenvalue weighted by atomic mass is 35.5. The number of rotatable bonds is 14. The van der Waals surface area contributed by atoms with Crippen LogP contribution in [0.4, 0.5) is 0 Å². The Bertz CT molecular complexity index is 1180. The summed E-state index contributed by atoms with van der Waals surface area (Å²) >= 11 is 6.53. The van der Waals surface area contributed by atoms with Crippen LogP contribution in [0, 0.1) is 0 Å². The molecule has 0 amide bonds. The van der Waals surface area contributed by atoms with E-state index in [-0.39, 0.29) is 18.8 Å². The molecule has 2 aromatic carbocycles. The van der Waals surface area contributed by atoms with Gasteiger partial charge in [0.2, 0.25) is 0 Å². The summed E-state index contributed by atoms with van der Waals surface area (Å²) in [5.41, 5.74) is 3.47. The maximum atomic E-state index is 13.2. The van der Waals surface area contributed by atoms with E-state index in [4.69, 9.17) is 30.5 Å². The molecule has 0 aliphatic carbocycles. The van der Waals surface area contributed by atoms with E-state index in [1.54, 1.807) is 38.1 Å². The molecule has 0 unspecified atom stereocenters. The molecule has 0 radical (unpaired) electrons. The number of allylic oxidation sites excluding steroid dienone is 1. The number of halogens is 1. The van der Waals surface area contributed by atoms with Crippen LogP contribution in [0.25, 0.3) is 0 Å². The number of carbonyl (C=O) groups excluding carboxylic acids is 2. The number of carbonyl (C=O) groups is 2. The Morgan fingerprint density at radius 1 is 0.949 bits per heavy atom. The third-order valence-corrected chi connectivity index (χ3v) is 6.64. The minimum Gasteiger partial charge on any atom is -0.466 e. The molecule has 1 aliphatic rings. The van der Waals surface area contributed by atoms with Crippen LogP contribution in [-0.2, 0) is 35.1 Å². The summed E-state index contributed by atoms with van der Waals surface area (Å²) in [6.07, 6.45) is 0. The van der Waals surface area contributed by atoms with Crippen LogP contribution in [0.5, 0.6) is 0 Å². The van der Waals surface area contributed by atoms with Crippen LogP contribution in [0.2, 0.25) is 5.02 Å². The van der Waals surface area contributed by atoms with Crippen molar-refractivity contribution < 1.29 is 28.5 Å². The van der Waals surface area contributed by atoms with Crippen molar-refractivity contribution in [3.05, 3.63) is 93.3 Å². The van der Waals surface area contributed by atoms with Gasteiger partial charge < -0.3 is 24.3 Å². The Morgan fingerprint density at radius 2 is 1.64 bits per heavy atom. The molecule has 1 N–H and O–H groups in total. The Morgan fingerprint density at radius 3 is 2.33 bits per heavy atom. The molecule has 0 aromatic heterocycles. The van der Waals surface area contributed by atoms with Crippen LogP contribution >= 0.6 is 11.6 Å². The number of nitrogens with one attached hydrogen (secondary N) is 1. The normalized spacial score (nSPS) is 15.4. The fraction of sp³-hybridized carbons (Fsp3) is 0.400. The molecule has 8 nitrogen and oxygen atoms in total. The van der Waals surface area contributed by atoms with Gasteiger partial charge in [-0.05, 0) is 38.1 Å². The van der Waals surface area contributed by atoms with Gasteiger partial charge in [-0.1, -0.05) is 60.1 Å². The lowest BCUT2D eigenvalue weighted by Gasteiger charge is -2.31. The van der Waals surface area contributed by atoms with E-state index < -0.39 is 17.9 Å². The molecular formula is C30H37ClN2O6. The smallest absolute Gasteiger partial charge is 0.336 e. The molecule has 210 valence electrons. The zero-order valence-corrected chi connectivity index (χ0v) is 23.8. The standard InChI is InChI=1S/C30H37ClN2O6/c1-5-39-30(35)28-25(20-38-18-17-37-16-15-33(3)19-22-11-7-6-8-12-22)32-21(2)26(29(34)36-4)27(28)23-13-9-10-14-24(23)31/h6-14,27,32H,5,15-20H2,1-4H3/t27-/m1/s1. The summed E-state index contributed by atoms with van der Waals surface area (Å²) in [5, 5.41) is 3.59. The third-order valence-electron chi connectivity index (χ3n) is 6.29. The summed E-state index contributed by atoms with van der Waals surface area (Å²) in [5.74, 6) is -1.89. The van der Waals surface area contributed by atoms with E-state index in [1.165, 1.54) is 12.7 Å². The number of hydrogen-bond donors (Lipinski definition) is 1. The van der Waals surface area contributed by atoms with Gasteiger partial charge >= 0.3 is 11.9 Å². The Kier molecular flexibility index (Phi) is 12.0. The van der Waals surface area contributed by atoms with Crippen molar-refractivity contribution in [2.75, 3.05) is 53.7 Å². The molecule has 2 aromatic rings. The largest absolute Gasteiger partial charge is 0.466 e. The van der Waals surface area contributed by atoms with Crippen molar-refractivity contribution in [2.45, 2.75) is 26.3 Å². The number of hydrogen-bond acceptors (Lipinski definition) is 8. The molecule has 3 rings (SSSR count). The molecule has 0 saturated heterocycles. The van der Waals surface area contributed by atoms with Crippen molar-refractivity contribution in [3.63, 3.8) is 0 Å². The van der Waals surface area contributed by atoms with Gasteiger partial charge in [0.1, 0.15) is 0 Å². The minimum atomic E-state index is -0.776. The fourth-order valence-corrected chi connectivity index (χ4v) is 4.69. The number of nitrogens with zero attached hydrogens (tertiary/aromatic N) is 1. The van der Waals surface area contributed by atoms with Crippen LogP contribution in [0.15, 0.2) is 77.1 Å². The maximum Gasteiger partial charge on any atom is 0.336 e. The summed E-state index contributed by atoms with van der Waals surface area (Å²) in [7, 11) is 3.36. The maximum absolute atomic E-state index is 13.2. The van der Waals surface area contributed by atoms with Crippen LogP contribution in [0.3, 0.4) is 0 Å². The first-order chi connectivity index (χ1) is 18.9. The van der Waals surface area contributed by atoms with Crippen molar-refractivity contribution in [1.29, 1.82) is 0 Å². The van der Waals surface area contributed by atoms with E-state index in [0.29, 0.717) is 47.4 Å². The van der Waals surface area contributed by atoms with Gasteiger partial charge in [-0.3, -0.25) is 4.90 Å². The number of methoxy groups -OCH3 is 1. The summed E-state index contributed by atoms with van der Waals surface area (Å²) in [6.45, 7) is 6.69. The van der Waals surface area contributed by atoms with Gasteiger partial charge in [-0.15, -0.1) is 0 Å². The zero-order chi connectivity index (χ0) is 28.2. The zero-order valence-electron chi connectivity index (χ0n) is 23.0. The Labute approximate surface area is 235 Å². The molecule has 39 heavy (non-hydrogen) atoms. The Balaban J connectivity index is 1.66. The van der Waals surface area contributed by atoms with Crippen molar-refractivity contribution in [1.82, 2.24) is 10.2 Å². The second kappa shape index (κ2) is 15.4. The lowest BCUT2D eigenvalue weighted by molar-refractivity contribution is -0.139. The van der Waals surface area contributed by atoms with Gasteiger partial charge in [-0.25, -0.2) is 9.59 Å². The highest BCUT2D eigenvalue weighted by Crippen LogP contribution is 2.41. The highest BCUT2D eigenvalue weighted by Gasteiger charge is 2.39. The summed E-state index contributed by atoms with van der Waals surface area (Å²) in [6, 6.07) is 17.4. The predicted molar refractivity (Wildman–Crippen MR) is 150 cm³/mol. The molecule has 9 heteroatoms. The van der Waals surface area contributed by atoms with E-state index in [9.17, 15) is 9.59 Å². The monoisotopic (exact) mass is 556 g/mol. The SMILES string of the molecule is CCOC(=O)C1=C(COCCOCCN(C)Cc2ccccc2)NC(C)=C(C(=O)OC)[C@H]1c1ccccc1Cl. The van der Waals surface area contributed by atoms with Crippen molar-refractivity contribution in [3.8, 4) is 0 Å². The average molecular weight is 557 g/mol. The average Bonchev–Trinajstić information content (AvgIpc) is 2.92. The van der Waals surface area contributed by atoms with Crippen molar-refractivity contribution in [2.24, 2.45) is 0 Å². The molecule has 1 aliphatic heterocycles. The fourth-order valence-electron chi connectivity index (χ4n) is 4.45. The van der Waals surface area contributed by atoms with Gasteiger partial charge in [0.05, 0.1) is 62.9 Å². The first-order valence-electron chi connectivity index (χ1n) is 13.0. The van der Waals surface area contributed by atoms with E-state index in [1.807, 2.05) is 18.2 Å². The predicted octanol–water partition coefficient (Wildman–Crippen LogP) is 4.46. The summed E-state index contributed by atoms with van der Waals surface area (Å²) in [4.78, 5) is 28.2. The van der Waals surface area contributed by atoms with Gasteiger partial charge in [0, 0.05) is 23.8 Å². The lowest BCUT2D eigenvalue weighted by atomic mass is 9.80. The van der Waals surface area contributed by atoms with Gasteiger partial charge in [0.15, 0.2) is 0 Å². The molecule has 1 atom stereocenters. The third kappa shape index (κ3) is 8.41. The molecule has 0 saturated carbocycles. The van der Waals surface area contributed by atoms with E-state index in [2.05, 4.69) is 29.4 Å². The molecular weight excluding hydrogens is 520 g/mol. The number of benzene rings is 2. The van der Waals surface area contributed by atoms with Crippen LogP contribution in [0.1, 0.15) is 30.9 Å². The molecule has 0 fully saturated rings. The first-order valence-corrected chi connectivity index (χ1v) is 13.3. The van der Waals surface area contributed by atoms with Crippen molar-refractivity contribution >= 4 is 23.5 Å².